The number of aliphatic carboxylic acids is 3. The van der Waals surface area contributed by atoms with E-state index in [4.69, 9.17) is 10.2 Å². The Bertz CT molecular complexity index is 976. The lowest BCUT2D eigenvalue weighted by Gasteiger charge is -2.21. The molecule has 0 amide bonds. The quantitative estimate of drug-likeness (QED) is 0.315. The van der Waals surface area contributed by atoms with Gasteiger partial charge >= 0.3 is 11.9 Å². The standard InChI is InChI=1S/C18H16N2O8/c21-14-6-9-5-13(18(27)28)20(12(9)7-15(14)22)2-1-8-3-10(16(23)24)19-11(4-8)17(25)26/h1-3,6-7,11,13H,4-5H2,(H5,21,22,23,24,25,26,27,28)/t11-,13-/m1/s1. The Hall–Kier alpha value is -3.82. The van der Waals surface area contributed by atoms with Crippen LogP contribution in [0.2, 0.25) is 0 Å². The molecule has 0 aromatic heterocycles. The highest BCUT2D eigenvalue weighted by Gasteiger charge is 2.36. The van der Waals surface area contributed by atoms with Crippen molar-refractivity contribution >= 4 is 29.8 Å². The molecule has 3 rings (SSSR count). The van der Waals surface area contributed by atoms with Gasteiger partial charge in [-0.05, 0) is 17.7 Å². The molecule has 10 nitrogen and oxygen atoms in total. The summed E-state index contributed by atoms with van der Waals surface area (Å²) in [5.41, 5.74) is 0.887. The van der Waals surface area contributed by atoms with Crippen LogP contribution in [-0.4, -0.2) is 61.2 Å². The van der Waals surface area contributed by atoms with Gasteiger partial charge in [0.15, 0.2) is 17.7 Å². The summed E-state index contributed by atoms with van der Waals surface area (Å²) in [5.74, 6) is -4.73. The first-order valence-electron chi connectivity index (χ1n) is 8.19. The number of nitrogens with one attached hydrogen (secondary N) is 1. The minimum absolute atomic E-state index is 0.0138. The number of hydrogen-bond acceptors (Lipinski definition) is 7. The Balaban J connectivity index is 2.04. The lowest BCUT2D eigenvalue weighted by atomic mass is 10.00. The number of nitrogens with zero attached hydrogens (tertiary/aromatic N) is 1. The zero-order chi connectivity index (χ0) is 20.6. The molecule has 0 saturated carbocycles. The lowest BCUT2D eigenvalue weighted by molar-refractivity contribution is -0.475. The first-order chi connectivity index (χ1) is 13.2. The van der Waals surface area contributed by atoms with Gasteiger partial charge in [0.25, 0.3) is 0 Å². The topological polar surface area (TPSA) is 170 Å². The molecule has 0 radical (unpaired) electrons. The Labute approximate surface area is 158 Å². The molecule has 0 fully saturated rings. The third kappa shape index (κ3) is 3.52. The van der Waals surface area contributed by atoms with E-state index < -0.39 is 35.7 Å². The van der Waals surface area contributed by atoms with Crippen LogP contribution < -0.4 is 10.4 Å². The third-order valence-electron chi connectivity index (χ3n) is 4.55. The van der Waals surface area contributed by atoms with Crippen LogP contribution in [0.3, 0.4) is 0 Å². The van der Waals surface area contributed by atoms with E-state index in [1.54, 1.807) is 0 Å². The summed E-state index contributed by atoms with van der Waals surface area (Å²) in [4.78, 5) is 33.9. The van der Waals surface area contributed by atoms with Crippen LogP contribution >= 0.6 is 0 Å². The highest BCUT2D eigenvalue weighted by molar-refractivity contribution is 5.89. The van der Waals surface area contributed by atoms with Crippen LogP contribution in [0.15, 0.2) is 35.6 Å². The van der Waals surface area contributed by atoms with Crippen molar-refractivity contribution in [2.75, 3.05) is 0 Å². The lowest BCUT2D eigenvalue weighted by Crippen LogP contribution is -2.41. The number of aromatic hydroxyl groups is 2. The summed E-state index contributed by atoms with van der Waals surface area (Å²) in [7, 11) is 0. The van der Waals surface area contributed by atoms with Crippen molar-refractivity contribution < 1.29 is 44.5 Å². The van der Waals surface area contributed by atoms with Crippen LogP contribution in [0.4, 0.5) is 5.69 Å². The minimum Gasteiger partial charge on any atom is -0.543 e. The van der Waals surface area contributed by atoms with Gasteiger partial charge in [0, 0.05) is 24.5 Å². The average Bonchev–Trinajstić information content (AvgIpc) is 2.97. The second-order valence-corrected chi connectivity index (χ2v) is 6.41. The van der Waals surface area contributed by atoms with Crippen molar-refractivity contribution in [3.63, 3.8) is 0 Å². The van der Waals surface area contributed by atoms with Gasteiger partial charge in [-0.2, -0.15) is 4.58 Å². The van der Waals surface area contributed by atoms with Crippen molar-refractivity contribution in [3.8, 4) is 11.5 Å². The molecule has 0 bridgehead atoms. The normalized spacial score (nSPS) is 23.8. The van der Waals surface area contributed by atoms with E-state index in [0.29, 0.717) is 16.8 Å². The fraction of sp³-hybridized carbons (Fsp3) is 0.222. The number of carbonyl (C=O) groups is 3. The summed E-state index contributed by atoms with van der Waals surface area (Å²) in [6.45, 7) is 0. The van der Waals surface area contributed by atoms with E-state index >= 15 is 0 Å². The molecular formula is C18H16N2O8. The summed E-state index contributed by atoms with van der Waals surface area (Å²) in [6, 6.07) is 0.228. The maximum atomic E-state index is 11.5. The van der Waals surface area contributed by atoms with Gasteiger partial charge in [-0.1, -0.05) is 0 Å². The second-order valence-electron chi connectivity index (χ2n) is 6.41. The Morgan fingerprint density at radius 3 is 2.43 bits per heavy atom. The average molecular weight is 388 g/mol. The van der Waals surface area contributed by atoms with E-state index in [2.05, 4.69) is 5.32 Å². The number of hydrogen-bond donors (Lipinski definition) is 5. The molecule has 0 spiro atoms. The Morgan fingerprint density at radius 2 is 1.82 bits per heavy atom. The minimum atomic E-state index is -1.37. The monoisotopic (exact) mass is 388 g/mol. The number of allylic oxidation sites excluding steroid dienone is 2. The van der Waals surface area contributed by atoms with Gasteiger partial charge in [-0.25, -0.2) is 9.59 Å². The molecule has 0 saturated heterocycles. The summed E-state index contributed by atoms with van der Waals surface area (Å²) in [5, 5.41) is 51.5. The second kappa shape index (κ2) is 7.06. The fourth-order valence-electron chi connectivity index (χ4n) is 3.19. The largest absolute Gasteiger partial charge is 0.543 e. The maximum Gasteiger partial charge on any atom is 0.351 e. The smallest absolute Gasteiger partial charge is 0.351 e. The van der Waals surface area contributed by atoms with Crippen LogP contribution in [0.25, 0.3) is 0 Å². The maximum absolute atomic E-state index is 11.5. The fourth-order valence-corrected chi connectivity index (χ4v) is 3.19. The number of phenolic OH excluding ortho intramolecular Hbond substituents is 2. The first-order valence-corrected chi connectivity index (χ1v) is 8.19. The number of carboxylic acid groups (broad SMARTS) is 3. The molecule has 0 aliphatic carbocycles. The van der Waals surface area contributed by atoms with E-state index in [-0.39, 0.29) is 24.3 Å². The predicted octanol–water partition coefficient (Wildman–Crippen LogP) is -1.17. The predicted molar refractivity (Wildman–Crippen MR) is 91.2 cm³/mol. The Morgan fingerprint density at radius 1 is 1.14 bits per heavy atom. The number of rotatable bonds is 4. The van der Waals surface area contributed by atoms with E-state index in [1.165, 1.54) is 35.1 Å². The SMILES string of the molecule is O=C(O)C1=C/C(=C\C=[N+]2c3cc(O)c(O)cc3C[C@@H]2C(=O)[O-])C[C@H](C(=O)O)N1. The molecule has 1 aromatic carbocycles. The van der Waals surface area contributed by atoms with Gasteiger partial charge in [-0.15, -0.1) is 0 Å². The molecule has 2 aliphatic rings. The highest BCUT2D eigenvalue weighted by Crippen LogP contribution is 2.38. The van der Waals surface area contributed by atoms with E-state index in [1.807, 2.05) is 0 Å². The molecule has 146 valence electrons. The third-order valence-corrected chi connectivity index (χ3v) is 4.55. The zero-order valence-corrected chi connectivity index (χ0v) is 14.3. The number of phenols is 2. The number of benzene rings is 1. The van der Waals surface area contributed by atoms with Gasteiger partial charge in [0.05, 0.1) is 6.07 Å². The summed E-state index contributed by atoms with van der Waals surface area (Å²) >= 11 is 0. The number of carbonyl (C=O) groups excluding carboxylic acids is 1. The summed E-state index contributed by atoms with van der Waals surface area (Å²) < 4.78 is 1.31. The molecule has 2 heterocycles. The van der Waals surface area contributed by atoms with E-state index in [0.717, 1.165) is 0 Å². The molecule has 28 heavy (non-hydrogen) atoms. The molecule has 0 unspecified atom stereocenters. The molecule has 2 atom stereocenters. The number of fused-ring (bicyclic) bond motifs is 1. The molecular weight excluding hydrogens is 372 g/mol. The van der Waals surface area contributed by atoms with Gasteiger partial charge in [-0.3, -0.25) is 0 Å². The van der Waals surface area contributed by atoms with Crippen LogP contribution in [0.1, 0.15) is 12.0 Å². The van der Waals surface area contributed by atoms with Gasteiger partial charge in [0.1, 0.15) is 17.7 Å². The van der Waals surface area contributed by atoms with Crippen molar-refractivity contribution in [1.82, 2.24) is 5.32 Å². The first kappa shape index (κ1) is 19.0. The molecule has 1 aromatic rings. The summed E-state index contributed by atoms with van der Waals surface area (Å²) in [6.07, 6.45) is 4.05. The van der Waals surface area contributed by atoms with Crippen molar-refractivity contribution in [2.45, 2.75) is 24.9 Å². The zero-order valence-electron chi connectivity index (χ0n) is 14.3. The Kier molecular flexibility index (Phi) is 4.78. The van der Waals surface area contributed by atoms with E-state index in [9.17, 15) is 29.7 Å². The van der Waals surface area contributed by atoms with Crippen LogP contribution in [0.5, 0.6) is 11.5 Å². The van der Waals surface area contributed by atoms with Crippen LogP contribution in [0, 0.1) is 0 Å². The van der Waals surface area contributed by atoms with Crippen molar-refractivity contribution in [1.29, 1.82) is 0 Å². The highest BCUT2D eigenvalue weighted by atomic mass is 16.4. The van der Waals surface area contributed by atoms with Crippen molar-refractivity contribution in [3.05, 3.63) is 41.1 Å². The van der Waals surface area contributed by atoms with Gasteiger partial charge in [0.2, 0.25) is 11.7 Å². The molecule has 2 aliphatic heterocycles. The molecule has 10 heteroatoms. The van der Waals surface area contributed by atoms with Crippen LogP contribution in [-0.2, 0) is 20.8 Å². The van der Waals surface area contributed by atoms with Crippen molar-refractivity contribution in [2.24, 2.45) is 0 Å². The molecule has 5 N–H and O–H groups in total. The van der Waals surface area contributed by atoms with Gasteiger partial charge < -0.3 is 35.6 Å². The number of carboxylic acids is 3.